The van der Waals surface area contributed by atoms with E-state index in [9.17, 15) is 0 Å². The Kier molecular flexibility index (Phi) is 5.41. The molecule has 1 aromatic carbocycles. The minimum absolute atomic E-state index is 0.684. The Morgan fingerprint density at radius 1 is 1.16 bits per heavy atom. The molecule has 2 rings (SSSR count). The van der Waals surface area contributed by atoms with Gasteiger partial charge in [0.1, 0.15) is 0 Å². The van der Waals surface area contributed by atoms with Gasteiger partial charge in [0.25, 0.3) is 0 Å². The van der Waals surface area contributed by atoms with Crippen LogP contribution in [0.2, 0.25) is 0 Å². The fraction of sp³-hybridized carbons (Fsp3) is 0.647. The molecule has 0 aromatic heterocycles. The molecule has 1 heterocycles. The minimum atomic E-state index is 0.684. The zero-order valence-corrected chi connectivity index (χ0v) is 12.7. The number of rotatable bonds is 5. The maximum absolute atomic E-state index is 3.59. The molecule has 0 saturated carbocycles. The van der Waals surface area contributed by atoms with Gasteiger partial charge >= 0.3 is 0 Å². The van der Waals surface area contributed by atoms with Crippen LogP contribution in [0.1, 0.15) is 44.7 Å². The van der Waals surface area contributed by atoms with Gasteiger partial charge in [-0.15, -0.1) is 0 Å². The molecule has 19 heavy (non-hydrogen) atoms. The highest BCUT2D eigenvalue weighted by atomic mass is 15.2. The van der Waals surface area contributed by atoms with Crippen molar-refractivity contribution in [3.63, 3.8) is 0 Å². The molecular weight excluding hydrogens is 232 g/mol. The van der Waals surface area contributed by atoms with Crippen LogP contribution >= 0.6 is 0 Å². The fourth-order valence-corrected chi connectivity index (χ4v) is 3.04. The van der Waals surface area contributed by atoms with Crippen LogP contribution in [0, 0.1) is 0 Å². The summed E-state index contributed by atoms with van der Waals surface area (Å²) in [6.45, 7) is 10.2. The van der Waals surface area contributed by atoms with Crippen molar-refractivity contribution < 1.29 is 0 Å². The summed E-state index contributed by atoms with van der Waals surface area (Å²) in [4.78, 5) is 2.62. The van der Waals surface area contributed by atoms with E-state index >= 15 is 0 Å². The molecule has 2 unspecified atom stereocenters. The second-order valence-electron chi connectivity index (χ2n) is 5.77. The molecule has 1 saturated heterocycles. The van der Waals surface area contributed by atoms with Crippen molar-refractivity contribution in [1.29, 1.82) is 0 Å². The quantitative estimate of drug-likeness (QED) is 0.874. The number of hydrogen-bond donors (Lipinski definition) is 1. The van der Waals surface area contributed by atoms with Crippen LogP contribution in [-0.4, -0.2) is 30.1 Å². The third kappa shape index (κ3) is 4.05. The smallest absolute Gasteiger partial charge is 0.0236 e. The van der Waals surface area contributed by atoms with Gasteiger partial charge in [0.05, 0.1) is 0 Å². The zero-order valence-electron chi connectivity index (χ0n) is 12.7. The van der Waals surface area contributed by atoms with Gasteiger partial charge in [0, 0.05) is 25.2 Å². The zero-order chi connectivity index (χ0) is 13.7. The van der Waals surface area contributed by atoms with E-state index in [-0.39, 0.29) is 0 Å². The lowest BCUT2D eigenvalue weighted by Gasteiger charge is -2.38. The predicted octanol–water partition coefficient (Wildman–Crippen LogP) is 3.21. The molecule has 0 amide bonds. The van der Waals surface area contributed by atoms with Gasteiger partial charge in [0.2, 0.25) is 0 Å². The van der Waals surface area contributed by atoms with Crippen molar-refractivity contribution in [2.75, 3.05) is 13.1 Å². The highest BCUT2D eigenvalue weighted by Crippen LogP contribution is 2.20. The Labute approximate surface area is 118 Å². The number of hydrogen-bond acceptors (Lipinski definition) is 2. The molecule has 1 aromatic rings. The highest BCUT2D eigenvalue weighted by Gasteiger charge is 2.24. The number of nitrogens with one attached hydrogen (secondary N) is 1. The standard InChI is InChI=1S/C17H28N2/c1-4-15-6-8-16(9-7-15)13-19-11-10-17(18-5-2)12-14(19)3/h6-9,14,17-18H,4-5,10-13H2,1-3H3. The predicted molar refractivity (Wildman–Crippen MR) is 82.4 cm³/mol. The summed E-state index contributed by atoms with van der Waals surface area (Å²) in [5.74, 6) is 0. The molecule has 1 fully saturated rings. The van der Waals surface area contributed by atoms with E-state index in [1.54, 1.807) is 0 Å². The van der Waals surface area contributed by atoms with Gasteiger partial charge in [-0.25, -0.2) is 0 Å². The molecule has 0 spiro atoms. The van der Waals surface area contributed by atoms with Crippen molar-refractivity contribution in [2.45, 2.75) is 58.7 Å². The Bertz CT molecular complexity index is 371. The Hall–Kier alpha value is -0.860. The van der Waals surface area contributed by atoms with Gasteiger partial charge in [-0.1, -0.05) is 38.1 Å². The van der Waals surface area contributed by atoms with Crippen molar-refractivity contribution in [3.05, 3.63) is 35.4 Å². The third-order valence-electron chi connectivity index (χ3n) is 4.32. The number of piperidine rings is 1. The molecule has 0 bridgehead atoms. The van der Waals surface area contributed by atoms with Gasteiger partial charge < -0.3 is 5.32 Å². The first kappa shape index (κ1) is 14.5. The van der Waals surface area contributed by atoms with Crippen molar-refractivity contribution >= 4 is 0 Å². The Morgan fingerprint density at radius 3 is 2.42 bits per heavy atom. The molecule has 2 heteroatoms. The first-order valence-corrected chi connectivity index (χ1v) is 7.78. The summed E-state index contributed by atoms with van der Waals surface area (Å²) in [6, 6.07) is 10.5. The molecule has 1 aliphatic rings. The Morgan fingerprint density at radius 2 is 1.84 bits per heavy atom. The summed E-state index contributed by atoms with van der Waals surface area (Å²) < 4.78 is 0. The average Bonchev–Trinajstić information content (AvgIpc) is 2.43. The Balaban J connectivity index is 1.88. The van der Waals surface area contributed by atoms with Gasteiger partial charge in [0.15, 0.2) is 0 Å². The lowest BCUT2D eigenvalue weighted by molar-refractivity contribution is 0.129. The van der Waals surface area contributed by atoms with Crippen LogP contribution in [0.15, 0.2) is 24.3 Å². The van der Waals surface area contributed by atoms with Gasteiger partial charge in [-0.2, -0.15) is 0 Å². The van der Waals surface area contributed by atoms with Crippen molar-refractivity contribution in [1.82, 2.24) is 10.2 Å². The summed E-state index contributed by atoms with van der Waals surface area (Å²) in [5.41, 5.74) is 2.88. The SMILES string of the molecule is CCNC1CCN(Cc2ccc(CC)cc2)C(C)C1. The van der Waals surface area contributed by atoms with Gasteiger partial charge in [-0.05, 0) is 43.9 Å². The molecule has 0 aliphatic carbocycles. The topological polar surface area (TPSA) is 15.3 Å². The van der Waals surface area contributed by atoms with Crippen LogP contribution in [-0.2, 0) is 13.0 Å². The van der Waals surface area contributed by atoms with E-state index < -0.39 is 0 Å². The highest BCUT2D eigenvalue weighted by molar-refractivity contribution is 5.22. The van der Waals surface area contributed by atoms with E-state index in [1.807, 2.05) is 0 Å². The van der Waals surface area contributed by atoms with E-state index in [4.69, 9.17) is 0 Å². The first-order chi connectivity index (χ1) is 9.22. The second kappa shape index (κ2) is 7.06. The molecule has 2 nitrogen and oxygen atoms in total. The van der Waals surface area contributed by atoms with Crippen molar-refractivity contribution in [2.24, 2.45) is 0 Å². The van der Waals surface area contributed by atoms with Crippen LogP contribution in [0.4, 0.5) is 0 Å². The maximum atomic E-state index is 3.59. The average molecular weight is 260 g/mol. The van der Waals surface area contributed by atoms with E-state index in [0.717, 1.165) is 25.6 Å². The molecular formula is C17H28N2. The van der Waals surface area contributed by atoms with Gasteiger partial charge in [-0.3, -0.25) is 4.90 Å². The molecule has 1 aliphatic heterocycles. The van der Waals surface area contributed by atoms with Crippen LogP contribution < -0.4 is 5.32 Å². The number of benzene rings is 1. The molecule has 106 valence electrons. The summed E-state index contributed by atoms with van der Waals surface area (Å²) in [6.07, 6.45) is 3.69. The lowest BCUT2D eigenvalue weighted by Crippen LogP contribution is -2.46. The van der Waals surface area contributed by atoms with E-state index in [0.29, 0.717) is 6.04 Å². The summed E-state index contributed by atoms with van der Waals surface area (Å²) >= 11 is 0. The summed E-state index contributed by atoms with van der Waals surface area (Å²) in [5, 5.41) is 3.59. The molecule has 0 radical (unpaired) electrons. The minimum Gasteiger partial charge on any atom is -0.314 e. The van der Waals surface area contributed by atoms with Crippen LogP contribution in [0.5, 0.6) is 0 Å². The first-order valence-electron chi connectivity index (χ1n) is 7.78. The van der Waals surface area contributed by atoms with Crippen LogP contribution in [0.25, 0.3) is 0 Å². The molecule has 1 N–H and O–H groups in total. The maximum Gasteiger partial charge on any atom is 0.0236 e. The second-order valence-corrected chi connectivity index (χ2v) is 5.77. The summed E-state index contributed by atoms with van der Waals surface area (Å²) in [7, 11) is 0. The van der Waals surface area contributed by atoms with Crippen LogP contribution in [0.3, 0.4) is 0 Å². The lowest BCUT2D eigenvalue weighted by atomic mass is 9.97. The van der Waals surface area contributed by atoms with E-state index in [1.165, 1.54) is 30.5 Å². The number of aryl methyl sites for hydroxylation is 1. The third-order valence-corrected chi connectivity index (χ3v) is 4.32. The normalized spacial score (nSPS) is 24.6. The number of likely N-dealkylation sites (tertiary alicyclic amines) is 1. The number of nitrogens with zero attached hydrogens (tertiary/aromatic N) is 1. The van der Waals surface area contributed by atoms with Crippen molar-refractivity contribution in [3.8, 4) is 0 Å². The fourth-order valence-electron chi connectivity index (χ4n) is 3.04. The molecule has 2 atom stereocenters. The monoisotopic (exact) mass is 260 g/mol. The van der Waals surface area contributed by atoms with E-state index in [2.05, 4.69) is 55.3 Å². The largest absolute Gasteiger partial charge is 0.314 e.